The Hall–Kier alpha value is -2.30. The van der Waals surface area contributed by atoms with E-state index in [1.54, 1.807) is 12.3 Å². The van der Waals surface area contributed by atoms with E-state index in [9.17, 15) is 4.79 Å². The van der Waals surface area contributed by atoms with Gasteiger partial charge in [0.25, 0.3) is 0 Å². The van der Waals surface area contributed by atoms with Crippen LogP contribution in [0.1, 0.15) is 37.9 Å². The van der Waals surface area contributed by atoms with Crippen molar-refractivity contribution in [1.29, 1.82) is 0 Å². The molecule has 112 valence electrons. The zero-order chi connectivity index (χ0) is 15.5. The number of aromatic nitrogens is 1. The highest BCUT2D eigenvalue weighted by molar-refractivity contribution is 5.70. The molecule has 1 aromatic carbocycles. The van der Waals surface area contributed by atoms with Gasteiger partial charge in [0, 0.05) is 11.1 Å². The highest BCUT2D eigenvalue weighted by Crippen LogP contribution is 2.21. The molecule has 0 unspecified atom stereocenters. The second-order valence-electron chi connectivity index (χ2n) is 6.00. The van der Waals surface area contributed by atoms with E-state index in [1.807, 2.05) is 18.2 Å². The molecular formula is C16H20N2O3. The van der Waals surface area contributed by atoms with Crippen LogP contribution in [0.4, 0.5) is 5.69 Å². The molecular weight excluding hydrogens is 268 g/mol. The van der Waals surface area contributed by atoms with Gasteiger partial charge < -0.3 is 14.8 Å². The third-order valence-corrected chi connectivity index (χ3v) is 3.05. The van der Waals surface area contributed by atoms with Gasteiger partial charge in [-0.2, -0.15) is 0 Å². The molecule has 0 atom stereocenters. The molecule has 2 rings (SSSR count). The second-order valence-corrected chi connectivity index (χ2v) is 6.00. The molecule has 0 bridgehead atoms. The fourth-order valence-corrected chi connectivity index (χ4v) is 1.88. The highest BCUT2D eigenvalue weighted by atomic mass is 16.4. The quantitative estimate of drug-likeness (QED) is 0.883. The summed E-state index contributed by atoms with van der Waals surface area (Å²) in [7, 11) is 0. The lowest BCUT2D eigenvalue weighted by atomic mass is 9.93. The summed E-state index contributed by atoms with van der Waals surface area (Å²) in [6.07, 6.45) is 1.69. The van der Waals surface area contributed by atoms with Crippen molar-refractivity contribution in [2.45, 2.75) is 39.2 Å². The molecule has 0 amide bonds. The number of nitrogens with zero attached hydrogens (tertiary/aromatic N) is 1. The van der Waals surface area contributed by atoms with E-state index in [4.69, 9.17) is 9.52 Å². The summed E-state index contributed by atoms with van der Waals surface area (Å²) in [5.74, 6) is -0.224. The third-order valence-electron chi connectivity index (χ3n) is 3.05. The number of carboxylic acid groups (broad SMARTS) is 1. The van der Waals surface area contributed by atoms with Gasteiger partial charge in [0.05, 0.1) is 18.7 Å². The van der Waals surface area contributed by atoms with Gasteiger partial charge >= 0.3 is 5.97 Å². The van der Waals surface area contributed by atoms with E-state index in [1.165, 1.54) is 0 Å². The Morgan fingerprint density at radius 1 is 1.38 bits per heavy atom. The molecule has 2 aromatic rings. The molecule has 21 heavy (non-hydrogen) atoms. The molecule has 0 fully saturated rings. The number of carboxylic acids is 1. The fraction of sp³-hybridized carbons (Fsp3) is 0.375. The van der Waals surface area contributed by atoms with Gasteiger partial charge in [-0.3, -0.25) is 4.79 Å². The summed E-state index contributed by atoms with van der Waals surface area (Å²) in [5, 5.41) is 12.0. The van der Waals surface area contributed by atoms with E-state index in [2.05, 4.69) is 31.1 Å². The van der Waals surface area contributed by atoms with Crippen LogP contribution in [-0.2, 0) is 23.2 Å². The number of benzene rings is 1. The average molecular weight is 288 g/mol. The highest BCUT2D eigenvalue weighted by Gasteiger charge is 2.18. The van der Waals surface area contributed by atoms with Crippen LogP contribution in [0.5, 0.6) is 0 Å². The van der Waals surface area contributed by atoms with E-state index in [0.717, 1.165) is 16.9 Å². The minimum atomic E-state index is -0.838. The molecule has 0 spiro atoms. The monoisotopic (exact) mass is 288 g/mol. The van der Waals surface area contributed by atoms with E-state index in [-0.39, 0.29) is 11.8 Å². The van der Waals surface area contributed by atoms with Crippen LogP contribution in [0.15, 0.2) is 34.9 Å². The second kappa shape index (κ2) is 5.99. The maximum absolute atomic E-state index is 10.7. The predicted octanol–water partition coefficient (Wildman–Crippen LogP) is 3.21. The average Bonchev–Trinajstić information content (AvgIpc) is 2.84. The predicted molar refractivity (Wildman–Crippen MR) is 80.3 cm³/mol. The number of rotatable bonds is 5. The van der Waals surface area contributed by atoms with Crippen molar-refractivity contribution < 1.29 is 14.3 Å². The number of hydrogen-bond donors (Lipinski definition) is 2. The number of carbonyl (C=O) groups is 1. The lowest BCUT2D eigenvalue weighted by molar-refractivity contribution is -0.136. The van der Waals surface area contributed by atoms with Crippen molar-refractivity contribution in [3.63, 3.8) is 0 Å². The summed E-state index contributed by atoms with van der Waals surface area (Å²) < 4.78 is 5.44. The molecule has 1 aromatic heterocycles. The Balaban J connectivity index is 2.00. The van der Waals surface area contributed by atoms with Gasteiger partial charge in [-0.05, 0) is 17.7 Å². The molecule has 0 radical (unpaired) electrons. The van der Waals surface area contributed by atoms with Crippen LogP contribution in [0.3, 0.4) is 0 Å². The van der Waals surface area contributed by atoms with Crippen molar-refractivity contribution in [1.82, 2.24) is 4.98 Å². The maximum Gasteiger partial charge on any atom is 0.307 e. The Labute approximate surface area is 124 Å². The number of anilines is 1. The standard InChI is InChI=1S/C16H20N2O3/c1-16(2,3)13-10-21-14(18-13)9-17-12-6-4-5-11(7-12)8-15(19)20/h4-7,10,17H,8-9H2,1-3H3,(H,19,20). The first-order valence-corrected chi connectivity index (χ1v) is 6.84. The topological polar surface area (TPSA) is 75.4 Å². The van der Waals surface area contributed by atoms with Crippen LogP contribution in [0.2, 0.25) is 0 Å². The first-order valence-electron chi connectivity index (χ1n) is 6.84. The lowest BCUT2D eigenvalue weighted by Gasteiger charge is -2.13. The van der Waals surface area contributed by atoms with Gasteiger partial charge in [0.15, 0.2) is 0 Å². The Morgan fingerprint density at radius 2 is 2.14 bits per heavy atom. The minimum Gasteiger partial charge on any atom is -0.481 e. The number of oxazole rings is 1. The van der Waals surface area contributed by atoms with Crippen molar-refractivity contribution in [2.75, 3.05) is 5.32 Å². The van der Waals surface area contributed by atoms with E-state index < -0.39 is 5.97 Å². The first-order chi connectivity index (χ1) is 9.84. The number of aliphatic carboxylic acids is 1. The zero-order valence-corrected chi connectivity index (χ0v) is 12.5. The smallest absolute Gasteiger partial charge is 0.307 e. The summed E-state index contributed by atoms with van der Waals surface area (Å²) in [4.78, 5) is 15.2. The van der Waals surface area contributed by atoms with Crippen LogP contribution in [-0.4, -0.2) is 16.1 Å². The van der Waals surface area contributed by atoms with Crippen molar-refractivity contribution >= 4 is 11.7 Å². The molecule has 0 aliphatic rings. The minimum absolute atomic E-state index is 0.0166. The summed E-state index contributed by atoms with van der Waals surface area (Å²) >= 11 is 0. The third kappa shape index (κ3) is 4.34. The van der Waals surface area contributed by atoms with E-state index >= 15 is 0 Å². The summed E-state index contributed by atoms with van der Waals surface area (Å²) in [5.41, 5.74) is 2.49. The molecule has 2 N–H and O–H groups in total. The molecule has 0 saturated carbocycles. The van der Waals surface area contributed by atoms with Crippen molar-refractivity contribution in [3.05, 3.63) is 47.7 Å². The Bertz CT molecular complexity index is 626. The molecule has 1 heterocycles. The summed E-state index contributed by atoms with van der Waals surface area (Å²) in [6, 6.07) is 7.33. The number of nitrogens with one attached hydrogen (secondary N) is 1. The largest absolute Gasteiger partial charge is 0.481 e. The van der Waals surface area contributed by atoms with Gasteiger partial charge in [0.1, 0.15) is 6.26 Å². The molecule has 5 heteroatoms. The normalized spacial score (nSPS) is 11.4. The molecule has 0 aliphatic carbocycles. The van der Waals surface area contributed by atoms with Gasteiger partial charge in [-0.15, -0.1) is 0 Å². The van der Waals surface area contributed by atoms with Crippen LogP contribution < -0.4 is 5.32 Å². The fourth-order valence-electron chi connectivity index (χ4n) is 1.88. The van der Waals surface area contributed by atoms with E-state index in [0.29, 0.717) is 12.4 Å². The summed E-state index contributed by atoms with van der Waals surface area (Å²) in [6.45, 7) is 6.71. The zero-order valence-electron chi connectivity index (χ0n) is 12.5. The van der Waals surface area contributed by atoms with Crippen LogP contribution in [0.25, 0.3) is 0 Å². The molecule has 0 aliphatic heterocycles. The number of hydrogen-bond acceptors (Lipinski definition) is 4. The SMILES string of the molecule is CC(C)(C)c1coc(CNc2cccc(CC(=O)O)c2)n1. The maximum atomic E-state index is 10.7. The Kier molecular flexibility index (Phi) is 4.31. The first kappa shape index (κ1) is 15.1. The van der Waals surface area contributed by atoms with Gasteiger partial charge in [0.2, 0.25) is 5.89 Å². The molecule has 0 saturated heterocycles. The van der Waals surface area contributed by atoms with Gasteiger partial charge in [-0.25, -0.2) is 4.98 Å². The van der Waals surface area contributed by atoms with Crippen molar-refractivity contribution in [3.8, 4) is 0 Å². The van der Waals surface area contributed by atoms with Crippen LogP contribution >= 0.6 is 0 Å². The van der Waals surface area contributed by atoms with Crippen molar-refractivity contribution in [2.24, 2.45) is 0 Å². The Morgan fingerprint density at radius 3 is 2.76 bits per heavy atom. The van der Waals surface area contributed by atoms with Crippen LogP contribution in [0, 0.1) is 0 Å². The lowest BCUT2D eigenvalue weighted by Crippen LogP contribution is -2.11. The molecule has 5 nitrogen and oxygen atoms in total. The van der Waals surface area contributed by atoms with Gasteiger partial charge in [-0.1, -0.05) is 32.9 Å².